The van der Waals surface area contributed by atoms with E-state index in [9.17, 15) is 9.90 Å². The molecule has 1 saturated heterocycles. The van der Waals surface area contributed by atoms with E-state index in [2.05, 4.69) is 20.8 Å². The number of phenols is 1. The zero-order chi connectivity index (χ0) is 16.4. The maximum Gasteiger partial charge on any atom is 0.255 e. The van der Waals surface area contributed by atoms with Crippen LogP contribution in [0.2, 0.25) is 5.02 Å². The van der Waals surface area contributed by atoms with Gasteiger partial charge in [0, 0.05) is 36.3 Å². The summed E-state index contributed by atoms with van der Waals surface area (Å²) in [7, 11) is 0. The highest BCUT2D eigenvalue weighted by atomic mass is 79.9. The normalized spacial score (nSPS) is 14.9. The molecule has 3 rings (SSSR count). The number of amides is 1. The van der Waals surface area contributed by atoms with Crippen LogP contribution in [0.5, 0.6) is 5.75 Å². The molecule has 0 atom stereocenters. The van der Waals surface area contributed by atoms with Crippen molar-refractivity contribution in [1.29, 1.82) is 0 Å². The van der Waals surface area contributed by atoms with Crippen molar-refractivity contribution in [2.75, 3.05) is 31.1 Å². The lowest BCUT2D eigenvalue weighted by molar-refractivity contribution is 0.0747. The Morgan fingerprint density at radius 2 is 1.70 bits per heavy atom. The SMILES string of the molecule is O=C(c1cc(Br)ccc1Cl)N1CCN(c2ccc(O)cc2)CC1. The predicted octanol–water partition coefficient (Wildman–Crippen LogP) is 3.77. The van der Waals surface area contributed by atoms with Gasteiger partial charge in [-0.15, -0.1) is 0 Å². The average Bonchev–Trinajstić information content (AvgIpc) is 2.57. The second kappa shape index (κ2) is 6.81. The lowest BCUT2D eigenvalue weighted by Crippen LogP contribution is -2.48. The van der Waals surface area contributed by atoms with E-state index in [-0.39, 0.29) is 11.7 Å². The Bertz CT molecular complexity index is 713. The number of nitrogens with zero attached hydrogens (tertiary/aromatic N) is 2. The third-order valence-corrected chi connectivity index (χ3v) is 4.76. The van der Waals surface area contributed by atoms with Crippen molar-refractivity contribution in [2.24, 2.45) is 0 Å². The van der Waals surface area contributed by atoms with Crippen LogP contribution in [-0.4, -0.2) is 42.1 Å². The molecule has 1 aliphatic rings. The number of benzene rings is 2. The van der Waals surface area contributed by atoms with Gasteiger partial charge in [-0.2, -0.15) is 0 Å². The lowest BCUT2D eigenvalue weighted by Gasteiger charge is -2.36. The molecule has 6 heteroatoms. The fraction of sp³-hybridized carbons (Fsp3) is 0.235. The highest BCUT2D eigenvalue weighted by Crippen LogP contribution is 2.24. The number of halogens is 2. The predicted molar refractivity (Wildman–Crippen MR) is 95.4 cm³/mol. The van der Waals surface area contributed by atoms with Crippen LogP contribution >= 0.6 is 27.5 Å². The largest absolute Gasteiger partial charge is 0.508 e. The van der Waals surface area contributed by atoms with E-state index in [1.54, 1.807) is 24.3 Å². The van der Waals surface area contributed by atoms with Crippen molar-refractivity contribution < 1.29 is 9.90 Å². The van der Waals surface area contributed by atoms with E-state index < -0.39 is 0 Å². The van der Waals surface area contributed by atoms with Crippen LogP contribution in [0.4, 0.5) is 5.69 Å². The zero-order valence-corrected chi connectivity index (χ0v) is 14.7. The topological polar surface area (TPSA) is 43.8 Å². The number of rotatable bonds is 2. The second-order valence-electron chi connectivity index (χ2n) is 5.42. The summed E-state index contributed by atoms with van der Waals surface area (Å²) in [6, 6.07) is 12.4. The molecule has 1 N–H and O–H groups in total. The molecule has 0 bridgehead atoms. The van der Waals surface area contributed by atoms with Crippen LogP contribution in [0.15, 0.2) is 46.9 Å². The third kappa shape index (κ3) is 3.62. The Morgan fingerprint density at radius 1 is 1.04 bits per heavy atom. The summed E-state index contributed by atoms with van der Waals surface area (Å²) in [5, 5.41) is 9.83. The van der Waals surface area contributed by atoms with Gasteiger partial charge in [-0.1, -0.05) is 27.5 Å². The molecule has 0 saturated carbocycles. The van der Waals surface area contributed by atoms with Gasteiger partial charge in [0.2, 0.25) is 0 Å². The molecule has 1 heterocycles. The van der Waals surface area contributed by atoms with E-state index in [0.29, 0.717) is 23.7 Å². The fourth-order valence-corrected chi connectivity index (χ4v) is 3.22. The minimum atomic E-state index is -0.0401. The first-order valence-electron chi connectivity index (χ1n) is 7.33. The first-order valence-corrected chi connectivity index (χ1v) is 8.50. The van der Waals surface area contributed by atoms with Crippen LogP contribution < -0.4 is 4.90 Å². The van der Waals surface area contributed by atoms with Crippen molar-refractivity contribution in [3.05, 3.63) is 57.5 Å². The monoisotopic (exact) mass is 394 g/mol. The van der Waals surface area contributed by atoms with Gasteiger partial charge in [0.15, 0.2) is 0 Å². The van der Waals surface area contributed by atoms with Gasteiger partial charge in [0.05, 0.1) is 10.6 Å². The Morgan fingerprint density at radius 3 is 2.35 bits per heavy atom. The molecule has 4 nitrogen and oxygen atoms in total. The summed E-state index contributed by atoms with van der Waals surface area (Å²) in [5.74, 6) is 0.216. The molecular formula is C17H16BrClN2O2. The molecule has 0 radical (unpaired) electrons. The molecule has 0 unspecified atom stereocenters. The standard InChI is InChI=1S/C17H16BrClN2O2/c18-12-1-6-16(19)15(11-12)17(23)21-9-7-20(8-10-21)13-2-4-14(22)5-3-13/h1-6,11,22H,7-10H2. The molecule has 0 spiro atoms. The van der Waals surface area contributed by atoms with Gasteiger partial charge in [0.1, 0.15) is 5.75 Å². The first kappa shape index (κ1) is 16.1. The second-order valence-corrected chi connectivity index (χ2v) is 6.74. The van der Waals surface area contributed by atoms with E-state index in [0.717, 1.165) is 23.2 Å². The van der Waals surface area contributed by atoms with E-state index in [4.69, 9.17) is 11.6 Å². The highest BCUT2D eigenvalue weighted by Gasteiger charge is 2.23. The van der Waals surface area contributed by atoms with Crippen LogP contribution in [0, 0.1) is 0 Å². The Hall–Kier alpha value is -1.72. The Kier molecular flexibility index (Phi) is 4.78. The van der Waals surface area contributed by atoms with E-state index >= 15 is 0 Å². The number of anilines is 1. The van der Waals surface area contributed by atoms with Crippen molar-refractivity contribution in [2.45, 2.75) is 0 Å². The van der Waals surface area contributed by atoms with Crippen LogP contribution in [0.1, 0.15) is 10.4 Å². The number of carbonyl (C=O) groups is 1. The first-order chi connectivity index (χ1) is 11.0. The molecule has 0 aromatic heterocycles. The Labute approximate surface area is 148 Å². The number of hydrogen-bond donors (Lipinski definition) is 1. The number of carbonyl (C=O) groups excluding carboxylic acids is 1. The van der Waals surface area contributed by atoms with Crippen molar-refractivity contribution >= 4 is 39.1 Å². The van der Waals surface area contributed by atoms with Crippen molar-refractivity contribution in [1.82, 2.24) is 4.90 Å². The van der Waals surface area contributed by atoms with Crippen LogP contribution in [0.3, 0.4) is 0 Å². The third-order valence-electron chi connectivity index (χ3n) is 3.94. The van der Waals surface area contributed by atoms with E-state index in [1.165, 1.54) is 0 Å². The van der Waals surface area contributed by atoms with Crippen LogP contribution in [0.25, 0.3) is 0 Å². The number of hydrogen-bond acceptors (Lipinski definition) is 3. The molecule has 2 aromatic rings. The average molecular weight is 396 g/mol. The summed E-state index contributed by atoms with van der Waals surface area (Å²) in [6.45, 7) is 2.79. The molecule has 23 heavy (non-hydrogen) atoms. The van der Waals surface area contributed by atoms with Gasteiger partial charge in [-0.25, -0.2) is 0 Å². The summed E-state index contributed by atoms with van der Waals surface area (Å²) < 4.78 is 0.841. The highest BCUT2D eigenvalue weighted by molar-refractivity contribution is 9.10. The number of phenolic OH excluding ortho intramolecular Hbond substituents is 1. The summed E-state index contributed by atoms with van der Waals surface area (Å²) in [5.41, 5.74) is 1.58. The van der Waals surface area contributed by atoms with Crippen LogP contribution in [-0.2, 0) is 0 Å². The molecule has 120 valence electrons. The minimum absolute atomic E-state index is 0.0401. The lowest BCUT2D eigenvalue weighted by atomic mass is 10.1. The summed E-state index contributed by atoms with van der Waals surface area (Å²) in [6.07, 6.45) is 0. The maximum atomic E-state index is 12.6. The molecular weight excluding hydrogens is 380 g/mol. The summed E-state index contributed by atoms with van der Waals surface area (Å²) >= 11 is 9.52. The zero-order valence-electron chi connectivity index (χ0n) is 12.4. The molecule has 0 aliphatic carbocycles. The smallest absolute Gasteiger partial charge is 0.255 e. The minimum Gasteiger partial charge on any atom is -0.508 e. The number of aromatic hydroxyl groups is 1. The van der Waals surface area contributed by atoms with Gasteiger partial charge < -0.3 is 14.9 Å². The maximum absolute atomic E-state index is 12.6. The molecule has 1 aliphatic heterocycles. The van der Waals surface area contributed by atoms with Crippen molar-refractivity contribution in [3.8, 4) is 5.75 Å². The van der Waals surface area contributed by atoms with Gasteiger partial charge in [0.25, 0.3) is 5.91 Å². The van der Waals surface area contributed by atoms with Crippen molar-refractivity contribution in [3.63, 3.8) is 0 Å². The quantitative estimate of drug-likeness (QED) is 0.842. The number of piperazine rings is 1. The van der Waals surface area contributed by atoms with Gasteiger partial charge in [-0.3, -0.25) is 4.79 Å². The summed E-state index contributed by atoms with van der Waals surface area (Å²) in [4.78, 5) is 16.7. The fourth-order valence-electron chi connectivity index (χ4n) is 2.66. The molecule has 1 amide bonds. The molecule has 1 fully saturated rings. The van der Waals surface area contributed by atoms with Gasteiger partial charge in [-0.05, 0) is 42.5 Å². The van der Waals surface area contributed by atoms with Gasteiger partial charge >= 0.3 is 0 Å². The molecule has 2 aromatic carbocycles. The Balaban J connectivity index is 1.67. The van der Waals surface area contributed by atoms with E-state index in [1.807, 2.05) is 23.1 Å².